The molecule has 0 aliphatic heterocycles. The van der Waals surface area contributed by atoms with E-state index < -0.39 is 0 Å². The second-order valence-corrected chi connectivity index (χ2v) is 8.65. The van der Waals surface area contributed by atoms with Gasteiger partial charge in [0.25, 0.3) is 5.56 Å². The average Bonchev–Trinajstić information content (AvgIpc) is 3.08. The first-order chi connectivity index (χ1) is 14.2. The maximum atomic E-state index is 12.8. The zero-order valence-electron chi connectivity index (χ0n) is 16.0. The van der Waals surface area contributed by atoms with E-state index in [4.69, 9.17) is 0 Å². The van der Waals surface area contributed by atoms with Gasteiger partial charge in [0.1, 0.15) is 5.65 Å². The molecule has 0 spiro atoms. The molecule has 6 nitrogen and oxygen atoms in total. The number of rotatable bonds is 6. The molecular weight excluding hydrogens is 430 g/mol. The molecule has 0 radical (unpaired) electrons. The molecule has 0 atom stereocenters. The number of hydrogen-bond acceptors (Lipinski definition) is 4. The van der Waals surface area contributed by atoms with Crippen LogP contribution in [0.1, 0.15) is 30.5 Å². The van der Waals surface area contributed by atoms with Crippen molar-refractivity contribution in [1.29, 1.82) is 0 Å². The van der Waals surface area contributed by atoms with Crippen LogP contribution >= 0.6 is 15.9 Å². The minimum Gasteiger partial charge on any atom is -0.312 e. The number of nitrogens with one attached hydrogen (secondary N) is 1. The molecule has 7 heteroatoms. The Morgan fingerprint density at radius 2 is 2.03 bits per heavy atom. The van der Waals surface area contributed by atoms with Crippen LogP contribution in [-0.4, -0.2) is 25.5 Å². The van der Waals surface area contributed by atoms with Gasteiger partial charge in [-0.05, 0) is 58.9 Å². The maximum absolute atomic E-state index is 12.8. The van der Waals surface area contributed by atoms with Gasteiger partial charge >= 0.3 is 0 Å². The summed E-state index contributed by atoms with van der Waals surface area (Å²) in [4.78, 5) is 21.6. The Kier molecular flexibility index (Phi) is 4.93. The van der Waals surface area contributed by atoms with Crippen LogP contribution in [0.5, 0.6) is 0 Å². The number of hydrogen-bond donors (Lipinski definition) is 1. The van der Waals surface area contributed by atoms with Crippen molar-refractivity contribution in [3.05, 3.63) is 75.3 Å². The van der Waals surface area contributed by atoms with Crippen molar-refractivity contribution in [2.75, 3.05) is 6.54 Å². The third-order valence-electron chi connectivity index (χ3n) is 5.73. The molecule has 1 N–H and O–H groups in total. The van der Waals surface area contributed by atoms with Crippen LogP contribution in [0, 0.1) is 5.92 Å². The first kappa shape index (κ1) is 18.5. The van der Waals surface area contributed by atoms with E-state index in [0.717, 1.165) is 40.2 Å². The van der Waals surface area contributed by atoms with Gasteiger partial charge in [0.05, 0.1) is 17.6 Å². The molecule has 0 amide bonds. The number of halogens is 1. The zero-order chi connectivity index (χ0) is 19.8. The summed E-state index contributed by atoms with van der Waals surface area (Å²) in [5, 5.41) is 5.03. The van der Waals surface area contributed by atoms with Crippen molar-refractivity contribution < 1.29 is 0 Å². The van der Waals surface area contributed by atoms with E-state index in [-0.39, 0.29) is 5.56 Å². The fourth-order valence-electron chi connectivity index (χ4n) is 3.86. The lowest BCUT2D eigenvalue weighted by molar-refractivity contribution is 0.301. The Hall–Kier alpha value is -2.51. The predicted octanol–water partition coefficient (Wildman–Crippen LogP) is 3.74. The molecule has 1 aliphatic rings. The van der Waals surface area contributed by atoms with Gasteiger partial charge in [-0.1, -0.05) is 12.5 Å². The Morgan fingerprint density at radius 1 is 1.14 bits per heavy atom. The zero-order valence-corrected chi connectivity index (χ0v) is 17.6. The monoisotopic (exact) mass is 451 g/mol. The highest BCUT2D eigenvalue weighted by atomic mass is 79.9. The largest absolute Gasteiger partial charge is 0.312 e. The highest BCUT2D eigenvalue weighted by Crippen LogP contribution is 2.25. The molecule has 4 aromatic rings. The summed E-state index contributed by atoms with van der Waals surface area (Å²) < 4.78 is 4.55. The SMILES string of the molecule is O=c1c2cncc(Br)c2ccn1Cc1cn2cc(CNCC3CCC3)ccc2n1. The Morgan fingerprint density at radius 3 is 2.86 bits per heavy atom. The molecule has 148 valence electrons. The van der Waals surface area contributed by atoms with Crippen molar-refractivity contribution in [3.8, 4) is 0 Å². The van der Waals surface area contributed by atoms with Crippen molar-refractivity contribution in [2.45, 2.75) is 32.4 Å². The van der Waals surface area contributed by atoms with Crippen LogP contribution < -0.4 is 10.9 Å². The van der Waals surface area contributed by atoms with Crippen LogP contribution in [0.2, 0.25) is 0 Å². The van der Waals surface area contributed by atoms with Crippen LogP contribution in [0.15, 0.2) is 58.5 Å². The minimum absolute atomic E-state index is 0.0609. The van der Waals surface area contributed by atoms with Crippen LogP contribution in [0.3, 0.4) is 0 Å². The molecule has 0 unspecified atom stereocenters. The van der Waals surface area contributed by atoms with E-state index in [9.17, 15) is 4.79 Å². The normalized spacial score (nSPS) is 14.5. The predicted molar refractivity (Wildman–Crippen MR) is 117 cm³/mol. The third-order valence-corrected chi connectivity index (χ3v) is 6.36. The van der Waals surface area contributed by atoms with Crippen LogP contribution in [-0.2, 0) is 13.1 Å². The lowest BCUT2D eigenvalue weighted by atomic mass is 9.85. The highest BCUT2D eigenvalue weighted by Gasteiger charge is 2.16. The highest BCUT2D eigenvalue weighted by molar-refractivity contribution is 9.10. The first-order valence-corrected chi connectivity index (χ1v) is 10.8. The quantitative estimate of drug-likeness (QED) is 0.484. The van der Waals surface area contributed by atoms with Crippen molar-refractivity contribution >= 4 is 32.3 Å². The van der Waals surface area contributed by atoms with E-state index >= 15 is 0 Å². The number of fused-ring (bicyclic) bond motifs is 2. The lowest BCUT2D eigenvalue weighted by Crippen LogP contribution is -2.26. The molecule has 1 saturated carbocycles. The minimum atomic E-state index is -0.0609. The summed E-state index contributed by atoms with van der Waals surface area (Å²) in [6, 6.07) is 6.09. The smallest absolute Gasteiger partial charge is 0.260 e. The van der Waals surface area contributed by atoms with E-state index in [2.05, 4.69) is 43.5 Å². The molecule has 1 fully saturated rings. The Balaban J connectivity index is 1.36. The Bertz CT molecular complexity index is 1240. The molecule has 4 heterocycles. The van der Waals surface area contributed by atoms with E-state index in [1.165, 1.54) is 24.8 Å². The van der Waals surface area contributed by atoms with Crippen molar-refractivity contribution in [2.24, 2.45) is 5.92 Å². The maximum Gasteiger partial charge on any atom is 0.260 e. The van der Waals surface area contributed by atoms with Gasteiger partial charge < -0.3 is 14.3 Å². The van der Waals surface area contributed by atoms with Gasteiger partial charge in [0.2, 0.25) is 0 Å². The van der Waals surface area contributed by atoms with Gasteiger partial charge in [-0.25, -0.2) is 4.98 Å². The first-order valence-electron chi connectivity index (χ1n) is 9.97. The molecule has 5 rings (SSSR count). The lowest BCUT2D eigenvalue weighted by Gasteiger charge is -2.25. The summed E-state index contributed by atoms with van der Waals surface area (Å²) in [5.41, 5.74) is 2.92. The molecule has 1 aliphatic carbocycles. The summed E-state index contributed by atoms with van der Waals surface area (Å²) in [6.07, 6.45) is 13.3. The van der Waals surface area contributed by atoms with Crippen LogP contribution in [0.25, 0.3) is 16.4 Å². The van der Waals surface area contributed by atoms with Gasteiger partial charge in [0.15, 0.2) is 0 Å². The summed E-state index contributed by atoms with van der Waals surface area (Å²) in [6.45, 7) is 2.40. The average molecular weight is 452 g/mol. The van der Waals surface area contributed by atoms with E-state index in [1.54, 1.807) is 17.0 Å². The summed E-state index contributed by atoms with van der Waals surface area (Å²) in [5.74, 6) is 0.856. The van der Waals surface area contributed by atoms with Crippen molar-refractivity contribution in [1.82, 2.24) is 24.3 Å². The summed E-state index contributed by atoms with van der Waals surface area (Å²) in [7, 11) is 0. The third kappa shape index (κ3) is 3.72. The number of aromatic nitrogens is 4. The standard InChI is InChI=1S/C22H22BrN5O/c23-20-11-25-10-19-18(20)6-7-27(22(19)29)13-17-14-28-12-16(4-5-21(28)26-17)9-24-8-15-2-1-3-15/h4-7,10-12,14-15,24H,1-3,8-9,13H2. The van der Waals surface area contributed by atoms with E-state index in [0.29, 0.717) is 11.9 Å². The van der Waals surface area contributed by atoms with Crippen LogP contribution in [0.4, 0.5) is 0 Å². The molecule has 0 aromatic carbocycles. The Labute approximate surface area is 176 Å². The van der Waals surface area contributed by atoms with Crippen molar-refractivity contribution in [3.63, 3.8) is 0 Å². The molecular formula is C22H22BrN5O. The molecule has 0 saturated heterocycles. The second-order valence-electron chi connectivity index (χ2n) is 7.79. The molecule has 0 bridgehead atoms. The second kappa shape index (κ2) is 7.72. The number of imidazole rings is 1. The fraction of sp³-hybridized carbons (Fsp3) is 0.318. The topological polar surface area (TPSA) is 64.2 Å². The van der Waals surface area contributed by atoms with Gasteiger partial charge in [-0.15, -0.1) is 0 Å². The number of pyridine rings is 3. The van der Waals surface area contributed by atoms with E-state index in [1.807, 2.05) is 28.9 Å². The number of nitrogens with zero attached hydrogens (tertiary/aromatic N) is 4. The van der Waals surface area contributed by atoms with Gasteiger partial charge in [0, 0.05) is 47.4 Å². The molecule has 29 heavy (non-hydrogen) atoms. The summed E-state index contributed by atoms with van der Waals surface area (Å²) >= 11 is 3.45. The molecule has 4 aromatic heterocycles. The fourth-order valence-corrected chi connectivity index (χ4v) is 4.32. The van der Waals surface area contributed by atoms with Gasteiger partial charge in [-0.2, -0.15) is 0 Å². The van der Waals surface area contributed by atoms with Gasteiger partial charge in [-0.3, -0.25) is 9.78 Å².